The number of hydrogen-bond donors (Lipinski definition) is 0. The van der Waals surface area contributed by atoms with Crippen molar-refractivity contribution in [3.63, 3.8) is 0 Å². The highest BCUT2D eigenvalue weighted by Gasteiger charge is 2.12. The summed E-state index contributed by atoms with van der Waals surface area (Å²) in [6.45, 7) is 7.63. The third-order valence-corrected chi connectivity index (χ3v) is 3.60. The molecule has 0 saturated carbocycles. The number of ether oxygens (including phenoxy) is 2. The van der Waals surface area contributed by atoms with E-state index in [1.54, 1.807) is 0 Å². The minimum Gasteiger partial charge on any atom is -0.494 e. The van der Waals surface area contributed by atoms with E-state index >= 15 is 0 Å². The Labute approximate surface area is 127 Å². The van der Waals surface area contributed by atoms with Crippen molar-refractivity contribution in [1.29, 1.82) is 0 Å². The van der Waals surface area contributed by atoms with Crippen LogP contribution in [0.5, 0.6) is 11.5 Å². The van der Waals surface area contributed by atoms with Gasteiger partial charge in [-0.2, -0.15) is 0 Å². The smallest absolute Gasteiger partial charge is 0.119 e. The molecule has 0 aliphatic carbocycles. The molecule has 0 aliphatic heterocycles. The van der Waals surface area contributed by atoms with Crippen LogP contribution in [-0.4, -0.2) is 13.2 Å². The Kier molecular flexibility index (Phi) is 5.68. The fourth-order valence-corrected chi connectivity index (χ4v) is 2.59. The molecule has 2 aromatic rings. The summed E-state index contributed by atoms with van der Waals surface area (Å²) in [5, 5.41) is 0. The lowest BCUT2D eigenvalue weighted by Crippen LogP contribution is -2.00. The minimum atomic E-state index is 0.413. The van der Waals surface area contributed by atoms with Gasteiger partial charge in [0.1, 0.15) is 11.5 Å². The lowest BCUT2D eigenvalue weighted by atomic mass is 9.89. The zero-order chi connectivity index (χ0) is 15.1. The summed E-state index contributed by atoms with van der Waals surface area (Å²) in [6.07, 6.45) is 1.07. The molecular formula is C19H24O2. The molecule has 21 heavy (non-hydrogen) atoms. The Bertz CT molecular complexity index is 479. The SMILES string of the molecule is CCOc1ccc(C(CC)c2ccc(OCC)cc2)cc1. The van der Waals surface area contributed by atoms with Crippen LogP contribution < -0.4 is 9.47 Å². The van der Waals surface area contributed by atoms with Crippen LogP contribution in [0.2, 0.25) is 0 Å². The van der Waals surface area contributed by atoms with Crippen molar-refractivity contribution in [3.8, 4) is 11.5 Å². The summed E-state index contributed by atoms with van der Waals surface area (Å²) in [5.74, 6) is 2.28. The van der Waals surface area contributed by atoms with Gasteiger partial charge in [0, 0.05) is 5.92 Å². The molecule has 112 valence electrons. The Morgan fingerprint density at radius 2 is 1.05 bits per heavy atom. The summed E-state index contributed by atoms with van der Waals surface area (Å²) in [4.78, 5) is 0. The third kappa shape index (κ3) is 4.01. The molecule has 0 spiro atoms. The molecule has 0 fully saturated rings. The monoisotopic (exact) mass is 284 g/mol. The highest BCUT2D eigenvalue weighted by Crippen LogP contribution is 2.30. The molecule has 0 heterocycles. The normalized spacial score (nSPS) is 10.7. The van der Waals surface area contributed by atoms with Crippen molar-refractivity contribution in [2.24, 2.45) is 0 Å². The lowest BCUT2D eigenvalue weighted by Gasteiger charge is -2.17. The summed E-state index contributed by atoms with van der Waals surface area (Å²) in [5.41, 5.74) is 2.65. The van der Waals surface area contributed by atoms with Gasteiger partial charge in [0.25, 0.3) is 0 Å². The van der Waals surface area contributed by atoms with Gasteiger partial charge in [0.05, 0.1) is 13.2 Å². The van der Waals surface area contributed by atoms with Crippen LogP contribution >= 0.6 is 0 Å². The van der Waals surface area contributed by atoms with E-state index in [1.807, 2.05) is 13.8 Å². The molecule has 0 saturated heterocycles. The Hall–Kier alpha value is -1.96. The third-order valence-electron chi connectivity index (χ3n) is 3.60. The molecule has 0 bridgehead atoms. The van der Waals surface area contributed by atoms with Crippen LogP contribution in [-0.2, 0) is 0 Å². The molecule has 0 radical (unpaired) electrons. The first kappa shape index (κ1) is 15.4. The van der Waals surface area contributed by atoms with Gasteiger partial charge in [0.15, 0.2) is 0 Å². The van der Waals surface area contributed by atoms with E-state index in [2.05, 4.69) is 55.5 Å². The topological polar surface area (TPSA) is 18.5 Å². The van der Waals surface area contributed by atoms with E-state index in [0.717, 1.165) is 17.9 Å². The number of rotatable bonds is 7. The fourth-order valence-electron chi connectivity index (χ4n) is 2.59. The summed E-state index contributed by atoms with van der Waals surface area (Å²) >= 11 is 0. The van der Waals surface area contributed by atoms with Crippen LogP contribution in [0.15, 0.2) is 48.5 Å². The fraction of sp³-hybridized carbons (Fsp3) is 0.368. The second-order valence-electron chi connectivity index (χ2n) is 4.96. The first-order chi connectivity index (χ1) is 10.3. The number of benzene rings is 2. The largest absolute Gasteiger partial charge is 0.494 e. The Morgan fingerprint density at radius 1 is 0.667 bits per heavy atom. The van der Waals surface area contributed by atoms with Gasteiger partial charge in [-0.3, -0.25) is 0 Å². The molecule has 2 aromatic carbocycles. The molecule has 0 amide bonds. The van der Waals surface area contributed by atoms with Gasteiger partial charge in [-0.25, -0.2) is 0 Å². The van der Waals surface area contributed by atoms with Crippen molar-refractivity contribution >= 4 is 0 Å². The van der Waals surface area contributed by atoms with Crippen molar-refractivity contribution in [1.82, 2.24) is 0 Å². The molecule has 0 aliphatic rings. The van der Waals surface area contributed by atoms with E-state index in [0.29, 0.717) is 19.1 Å². The zero-order valence-corrected chi connectivity index (χ0v) is 13.1. The molecule has 0 unspecified atom stereocenters. The second kappa shape index (κ2) is 7.72. The predicted molar refractivity (Wildman–Crippen MR) is 87.4 cm³/mol. The number of hydrogen-bond acceptors (Lipinski definition) is 2. The summed E-state index contributed by atoms with van der Waals surface area (Å²) in [6, 6.07) is 16.9. The van der Waals surface area contributed by atoms with E-state index < -0.39 is 0 Å². The molecule has 0 N–H and O–H groups in total. The van der Waals surface area contributed by atoms with Crippen LogP contribution in [0, 0.1) is 0 Å². The minimum absolute atomic E-state index is 0.413. The van der Waals surface area contributed by atoms with Gasteiger partial charge in [0.2, 0.25) is 0 Å². The average molecular weight is 284 g/mol. The van der Waals surface area contributed by atoms with E-state index in [1.165, 1.54) is 11.1 Å². The standard InChI is InChI=1S/C19H24O2/c1-4-19(15-7-11-17(12-8-15)20-5-2)16-9-13-18(14-10-16)21-6-3/h7-14,19H,4-6H2,1-3H3. The van der Waals surface area contributed by atoms with Gasteiger partial charge in [-0.15, -0.1) is 0 Å². The predicted octanol–water partition coefficient (Wildman–Crippen LogP) is 5.03. The Balaban J connectivity index is 2.18. The maximum absolute atomic E-state index is 5.51. The zero-order valence-electron chi connectivity index (χ0n) is 13.1. The van der Waals surface area contributed by atoms with Crippen LogP contribution in [0.3, 0.4) is 0 Å². The lowest BCUT2D eigenvalue weighted by molar-refractivity contribution is 0.340. The van der Waals surface area contributed by atoms with Crippen molar-refractivity contribution in [2.75, 3.05) is 13.2 Å². The van der Waals surface area contributed by atoms with Gasteiger partial charge in [-0.1, -0.05) is 31.2 Å². The quantitative estimate of drug-likeness (QED) is 0.710. The summed E-state index contributed by atoms with van der Waals surface area (Å²) in [7, 11) is 0. The first-order valence-electron chi connectivity index (χ1n) is 7.74. The van der Waals surface area contributed by atoms with Crippen LogP contribution in [0.4, 0.5) is 0 Å². The molecule has 0 atom stereocenters. The van der Waals surface area contributed by atoms with Crippen LogP contribution in [0.25, 0.3) is 0 Å². The van der Waals surface area contributed by atoms with E-state index in [-0.39, 0.29) is 0 Å². The van der Waals surface area contributed by atoms with E-state index in [9.17, 15) is 0 Å². The van der Waals surface area contributed by atoms with Gasteiger partial charge >= 0.3 is 0 Å². The maximum atomic E-state index is 5.51. The van der Waals surface area contributed by atoms with Gasteiger partial charge in [-0.05, 0) is 55.7 Å². The van der Waals surface area contributed by atoms with Crippen molar-refractivity contribution < 1.29 is 9.47 Å². The van der Waals surface area contributed by atoms with E-state index in [4.69, 9.17) is 9.47 Å². The highest BCUT2D eigenvalue weighted by molar-refractivity contribution is 5.38. The second-order valence-corrected chi connectivity index (χ2v) is 4.96. The molecular weight excluding hydrogens is 260 g/mol. The van der Waals surface area contributed by atoms with Crippen molar-refractivity contribution in [2.45, 2.75) is 33.1 Å². The average Bonchev–Trinajstić information content (AvgIpc) is 2.52. The maximum Gasteiger partial charge on any atom is 0.119 e. The molecule has 2 heteroatoms. The summed E-state index contributed by atoms with van der Waals surface area (Å²) < 4.78 is 11.0. The first-order valence-corrected chi connectivity index (χ1v) is 7.74. The Morgan fingerprint density at radius 3 is 1.33 bits per heavy atom. The van der Waals surface area contributed by atoms with Gasteiger partial charge < -0.3 is 9.47 Å². The highest BCUT2D eigenvalue weighted by atomic mass is 16.5. The molecule has 2 rings (SSSR count). The molecule has 2 nitrogen and oxygen atoms in total. The van der Waals surface area contributed by atoms with Crippen molar-refractivity contribution in [3.05, 3.63) is 59.7 Å². The van der Waals surface area contributed by atoms with Crippen LogP contribution in [0.1, 0.15) is 44.2 Å². The molecule has 0 aromatic heterocycles.